The summed E-state index contributed by atoms with van der Waals surface area (Å²) in [7, 11) is 0. The standard InChI is InChI=1S/C15H14ClFN2O5.CHNO/c1-3-22-14(21)8(2)23-13-4-5-18-15(19-13)24-12-7-11(20)10(17)6-9(12)16;2-1-3/h4-8,20H,3H2,1-2H3;2H. The zero-order chi connectivity index (χ0) is 20.4. The fourth-order valence-electron chi connectivity index (χ4n) is 1.62. The zero-order valence-corrected chi connectivity index (χ0v) is 15.0. The van der Waals surface area contributed by atoms with Gasteiger partial charge in [0.1, 0.15) is 0 Å². The van der Waals surface area contributed by atoms with E-state index in [2.05, 4.69) is 9.97 Å². The van der Waals surface area contributed by atoms with Gasteiger partial charge in [0.05, 0.1) is 11.6 Å². The summed E-state index contributed by atoms with van der Waals surface area (Å²) in [5.41, 5.74) is 0. The van der Waals surface area contributed by atoms with Crippen LogP contribution in [0.25, 0.3) is 0 Å². The number of hydrogen-bond acceptors (Lipinski definition) is 9. The summed E-state index contributed by atoms with van der Waals surface area (Å²) in [5, 5.41) is 14.7. The molecule has 0 radical (unpaired) electrons. The summed E-state index contributed by atoms with van der Waals surface area (Å²) in [4.78, 5) is 27.7. The van der Waals surface area contributed by atoms with Crippen molar-refractivity contribution < 1.29 is 33.3 Å². The highest BCUT2D eigenvalue weighted by Crippen LogP contribution is 2.33. The SMILES string of the molecule is CCOC(=O)C(C)Oc1ccnc(Oc2cc(O)c(F)cc2Cl)n1.N=C=O. The largest absolute Gasteiger partial charge is 0.505 e. The van der Waals surface area contributed by atoms with Crippen molar-refractivity contribution in [3.05, 3.63) is 35.2 Å². The number of aromatic nitrogens is 2. The summed E-state index contributed by atoms with van der Waals surface area (Å²) >= 11 is 5.83. The van der Waals surface area contributed by atoms with Crippen LogP contribution >= 0.6 is 11.6 Å². The Morgan fingerprint density at radius 1 is 1.48 bits per heavy atom. The number of phenolic OH excluding ortho intramolecular Hbond substituents is 1. The number of rotatable bonds is 6. The van der Waals surface area contributed by atoms with Gasteiger partial charge in [0.15, 0.2) is 23.4 Å². The number of benzene rings is 1. The van der Waals surface area contributed by atoms with Crippen molar-refractivity contribution in [2.45, 2.75) is 20.0 Å². The average molecular weight is 400 g/mol. The first-order chi connectivity index (χ1) is 12.8. The van der Waals surface area contributed by atoms with Gasteiger partial charge in [-0.1, -0.05) is 11.6 Å². The maximum Gasteiger partial charge on any atom is 0.347 e. The maximum absolute atomic E-state index is 13.2. The number of phenols is 1. The molecule has 0 bridgehead atoms. The molecule has 2 rings (SSSR count). The minimum Gasteiger partial charge on any atom is -0.505 e. The van der Waals surface area contributed by atoms with Crippen molar-refractivity contribution in [1.82, 2.24) is 9.97 Å². The van der Waals surface area contributed by atoms with Gasteiger partial charge in [-0.25, -0.2) is 24.4 Å². The minimum atomic E-state index is -0.881. The Labute approximate surface area is 158 Å². The molecule has 1 aromatic carbocycles. The second kappa shape index (κ2) is 10.7. The van der Waals surface area contributed by atoms with Gasteiger partial charge in [0, 0.05) is 24.4 Å². The van der Waals surface area contributed by atoms with Crippen LogP contribution in [0.1, 0.15) is 13.8 Å². The Kier molecular flexibility index (Phi) is 8.64. The lowest BCUT2D eigenvalue weighted by atomic mass is 10.3. The number of halogens is 2. The van der Waals surface area contributed by atoms with Gasteiger partial charge in [-0.15, -0.1) is 0 Å². The molecule has 11 heteroatoms. The summed E-state index contributed by atoms with van der Waals surface area (Å²) in [5.74, 6) is -2.01. The van der Waals surface area contributed by atoms with E-state index < -0.39 is 23.6 Å². The van der Waals surface area contributed by atoms with E-state index >= 15 is 0 Å². The molecule has 1 unspecified atom stereocenters. The Morgan fingerprint density at radius 2 is 2.15 bits per heavy atom. The van der Waals surface area contributed by atoms with Gasteiger partial charge in [-0.2, -0.15) is 4.98 Å². The van der Waals surface area contributed by atoms with Crippen molar-refractivity contribution in [3.8, 4) is 23.4 Å². The summed E-state index contributed by atoms with van der Waals surface area (Å²) in [6, 6.07) is 3.16. The monoisotopic (exact) mass is 399 g/mol. The Balaban J connectivity index is 0.00000114. The molecule has 144 valence electrons. The van der Waals surface area contributed by atoms with E-state index in [4.69, 9.17) is 36.0 Å². The molecule has 0 spiro atoms. The molecule has 9 nitrogen and oxygen atoms in total. The van der Waals surface area contributed by atoms with Crippen LogP contribution < -0.4 is 9.47 Å². The predicted molar refractivity (Wildman–Crippen MR) is 90.3 cm³/mol. The molecule has 0 aliphatic rings. The Bertz CT molecular complexity index is 830. The summed E-state index contributed by atoms with van der Waals surface area (Å²) < 4.78 is 28.6. The third kappa shape index (κ3) is 6.89. The maximum atomic E-state index is 13.2. The number of hydrogen-bond donors (Lipinski definition) is 2. The molecular weight excluding hydrogens is 385 g/mol. The quantitative estimate of drug-likeness (QED) is 0.430. The molecule has 1 aromatic heterocycles. The predicted octanol–water partition coefficient (Wildman–Crippen LogP) is 3.00. The second-order valence-electron chi connectivity index (χ2n) is 4.63. The Morgan fingerprint density at radius 3 is 2.78 bits per heavy atom. The van der Waals surface area contributed by atoms with Crippen LogP contribution in [0.3, 0.4) is 0 Å². The topological polar surface area (TPSA) is 132 Å². The first-order valence-corrected chi connectivity index (χ1v) is 7.76. The fraction of sp³-hybridized carbons (Fsp3) is 0.250. The van der Waals surface area contributed by atoms with Crippen molar-refractivity contribution in [2.75, 3.05) is 6.61 Å². The highest BCUT2D eigenvalue weighted by molar-refractivity contribution is 6.32. The molecule has 0 fully saturated rings. The van der Waals surface area contributed by atoms with Crippen LogP contribution in [-0.2, 0) is 14.3 Å². The molecule has 27 heavy (non-hydrogen) atoms. The van der Waals surface area contributed by atoms with Crippen molar-refractivity contribution in [2.24, 2.45) is 0 Å². The number of carbonyl (C=O) groups is 1. The number of nitrogens with zero attached hydrogens (tertiary/aromatic N) is 2. The Hall–Kier alpha value is -3.23. The van der Waals surface area contributed by atoms with E-state index in [1.165, 1.54) is 19.2 Å². The lowest BCUT2D eigenvalue weighted by Crippen LogP contribution is -2.26. The molecule has 1 atom stereocenters. The lowest BCUT2D eigenvalue weighted by molar-refractivity contribution is -0.150. The van der Waals surface area contributed by atoms with E-state index in [1.54, 1.807) is 6.92 Å². The van der Waals surface area contributed by atoms with Crippen molar-refractivity contribution in [1.29, 1.82) is 5.41 Å². The second-order valence-corrected chi connectivity index (χ2v) is 5.03. The van der Waals surface area contributed by atoms with Crippen LogP contribution in [0, 0.1) is 11.2 Å². The van der Waals surface area contributed by atoms with Crippen LogP contribution in [0.2, 0.25) is 5.02 Å². The minimum absolute atomic E-state index is 0.0360. The van der Waals surface area contributed by atoms with Gasteiger partial charge >= 0.3 is 12.0 Å². The van der Waals surface area contributed by atoms with E-state index in [9.17, 15) is 14.3 Å². The number of nitrogens with one attached hydrogen (secondary N) is 1. The van der Waals surface area contributed by atoms with Gasteiger partial charge < -0.3 is 19.3 Å². The molecule has 0 saturated heterocycles. The fourth-order valence-corrected chi connectivity index (χ4v) is 1.81. The van der Waals surface area contributed by atoms with E-state index in [1.807, 2.05) is 0 Å². The molecular formula is C16H15ClFN3O6. The molecule has 0 aliphatic heterocycles. The molecule has 0 amide bonds. The highest BCUT2D eigenvalue weighted by Gasteiger charge is 2.17. The molecule has 0 aliphatic carbocycles. The number of isocyanates is 1. The number of carbonyl (C=O) groups excluding carboxylic acids is 2. The van der Waals surface area contributed by atoms with Crippen molar-refractivity contribution in [3.63, 3.8) is 0 Å². The van der Waals surface area contributed by atoms with Gasteiger partial charge in [0.2, 0.25) is 12.0 Å². The van der Waals surface area contributed by atoms with Crippen LogP contribution in [0.5, 0.6) is 23.4 Å². The van der Waals surface area contributed by atoms with E-state index in [0.717, 1.165) is 18.2 Å². The summed E-state index contributed by atoms with van der Waals surface area (Å²) in [6.07, 6.45) is 1.22. The van der Waals surface area contributed by atoms with Gasteiger partial charge in [-0.05, 0) is 13.8 Å². The van der Waals surface area contributed by atoms with Crippen LogP contribution in [0.15, 0.2) is 24.4 Å². The average Bonchev–Trinajstić information content (AvgIpc) is 2.61. The first-order valence-electron chi connectivity index (χ1n) is 7.38. The normalized spacial score (nSPS) is 10.7. The van der Waals surface area contributed by atoms with Gasteiger partial charge in [0.25, 0.3) is 0 Å². The summed E-state index contributed by atoms with van der Waals surface area (Å²) in [6.45, 7) is 3.43. The third-order valence-corrected chi connectivity index (χ3v) is 3.02. The van der Waals surface area contributed by atoms with Crippen LogP contribution in [0.4, 0.5) is 4.39 Å². The smallest absolute Gasteiger partial charge is 0.347 e. The van der Waals surface area contributed by atoms with E-state index in [0.29, 0.717) is 0 Å². The molecule has 1 heterocycles. The van der Waals surface area contributed by atoms with Gasteiger partial charge in [-0.3, -0.25) is 0 Å². The van der Waals surface area contributed by atoms with E-state index in [-0.39, 0.29) is 29.3 Å². The zero-order valence-electron chi connectivity index (χ0n) is 14.2. The number of aromatic hydroxyl groups is 1. The molecule has 2 N–H and O–H groups in total. The lowest BCUT2D eigenvalue weighted by Gasteiger charge is -2.13. The number of esters is 1. The molecule has 2 aromatic rings. The first kappa shape index (κ1) is 21.8. The highest BCUT2D eigenvalue weighted by atomic mass is 35.5. The number of ether oxygens (including phenoxy) is 3. The third-order valence-electron chi connectivity index (χ3n) is 2.73. The molecule has 0 saturated carbocycles. The van der Waals surface area contributed by atoms with Crippen LogP contribution in [-0.4, -0.2) is 39.8 Å². The van der Waals surface area contributed by atoms with Crippen molar-refractivity contribution >= 4 is 23.7 Å².